The van der Waals surface area contributed by atoms with Gasteiger partial charge in [-0.15, -0.1) is 0 Å². The summed E-state index contributed by atoms with van der Waals surface area (Å²) in [6, 6.07) is 4.32. The molecular weight excluding hydrogens is 478 g/mol. The fourth-order valence-electron chi connectivity index (χ4n) is 4.81. The average Bonchev–Trinajstić information content (AvgIpc) is 3.60. The van der Waals surface area contributed by atoms with Gasteiger partial charge in [0.1, 0.15) is 10.8 Å². The minimum absolute atomic E-state index is 0.152. The lowest BCUT2D eigenvalue weighted by molar-refractivity contribution is 0.0231. The van der Waals surface area contributed by atoms with Crippen molar-refractivity contribution in [2.45, 2.75) is 51.2 Å². The van der Waals surface area contributed by atoms with Crippen molar-refractivity contribution in [3.05, 3.63) is 46.4 Å². The van der Waals surface area contributed by atoms with Crippen LogP contribution in [0.25, 0.3) is 0 Å². The van der Waals surface area contributed by atoms with Gasteiger partial charge in [0.2, 0.25) is 5.95 Å². The molecule has 36 heavy (non-hydrogen) atoms. The highest BCUT2D eigenvalue weighted by Gasteiger charge is 2.32. The summed E-state index contributed by atoms with van der Waals surface area (Å²) in [6.45, 7) is 6.05. The second-order valence-electron chi connectivity index (χ2n) is 9.90. The Morgan fingerprint density at radius 2 is 1.89 bits per heavy atom. The van der Waals surface area contributed by atoms with E-state index in [9.17, 15) is 0 Å². The van der Waals surface area contributed by atoms with E-state index in [1.54, 1.807) is 18.0 Å². The van der Waals surface area contributed by atoms with Gasteiger partial charge in [-0.3, -0.25) is 4.68 Å². The monoisotopic (exact) mass is 511 g/mol. The number of rotatable bonds is 8. The highest BCUT2D eigenvalue weighted by atomic mass is 35.5. The van der Waals surface area contributed by atoms with Crippen LogP contribution < -0.4 is 15.4 Å². The first-order valence-electron chi connectivity index (χ1n) is 12.4. The van der Waals surface area contributed by atoms with Gasteiger partial charge in [0.25, 0.3) is 0 Å². The SMILES string of the molecule is COC1CN(C)CCC1c1cc(OC2CC2)c(Nc2ncc(Cl)c(Nc3cn(C)nc3C)n2)cc1C. The number of aryl methyl sites for hydroxylation is 3. The van der Waals surface area contributed by atoms with Crippen LogP contribution in [0, 0.1) is 13.8 Å². The van der Waals surface area contributed by atoms with Gasteiger partial charge in [0.15, 0.2) is 5.82 Å². The van der Waals surface area contributed by atoms with Gasteiger partial charge in [0.05, 0.1) is 35.5 Å². The maximum atomic E-state index is 6.40. The first-order chi connectivity index (χ1) is 17.3. The zero-order valence-corrected chi connectivity index (χ0v) is 22.3. The topological polar surface area (TPSA) is 89.4 Å². The van der Waals surface area contributed by atoms with Gasteiger partial charge in [0, 0.05) is 32.8 Å². The summed E-state index contributed by atoms with van der Waals surface area (Å²) in [4.78, 5) is 11.4. The Hall–Kier alpha value is -2.88. The molecule has 0 spiro atoms. The third kappa shape index (κ3) is 5.43. The molecule has 9 nitrogen and oxygen atoms in total. The molecular formula is C26H34ClN7O2. The van der Waals surface area contributed by atoms with Crippen LogP contribution in [0.2, 0.25) is 5.02 Å². The standard InChI is InChI=1S/C26H34ClN7O2/c1-15-10-21(30-26-28-12-20(27)25(31-26)29-22-13-34(4)32-16(22)2)23(36-17-6-7-17)11-19(15)18-8-9-33(3)14-24(18)35-5/h10-13,17-18,24H,6-9,14H2,1-5H3,(H2,28,29,30,31). The zero-order valence-electron chi connectivity index (χ0n) is 21.5. The lowest BCUT2D eigenvalue weighted by atomic mass is 9.84. The fraction of sp³-hybridized carbons (Fsp3) is 0.500. The summed E-state index contributed by atoms with van der Waals surface area (Å²) in [5.41, 5.74) is 5.01. The number of methoxy groups -OCH3 is 1. The van der Waals surface area contributed by atoms with Gasteiger partial charge in [-0.2, -0.15) is 10.1 Å². The maximum Gasteiger partial charge on any atom is 0.229 e. The number of halogens is 1. The van der Waals surface area contributed by atoms with E-state index in [-0.39, 0.29) is 12.2 Å². The van der Waals surface area contributed by atoms with E-state index >= 15 is 0 Å². The van der Waals surface area contributed by atoms with Crippen molar-refractivity contribution in [2.75, 3.05) is 37.9 Å². The summed E-state index contributed by atoms with van der Waals surface area (Å²) in [7, 11) is 5.83. The van der Waals surface area contributed by atoms with Crippen molar-refractivity contribution in [1.82, 2.24) is 24.6 Å². The molecule has 2 aromatic heterocycles. The lowest BCUT2D eigenvalue weighted by Gasteiger charge is -2.37. The van der Waals surface area contributed by atoms with Gasteiger partial charge in [-0.05, 0) is 70.0 Å². The van der Waals surface area contributed by atoms with Gasteiger partial charge in [-0.1, -0.05) is 11.6 Å². The summed E-state index contributed by atoms with van der Waals surface area (Å²) < 4.78 is 14.0. The van der Waals surface area contributed by atoms with Gasteiger partial charge < -0.3 is 25.0 Å². The van der Waals surface area contributed by atoms with E-state index in [1.165, 1.54) is 11.1 Å². The highest BCUT2D eigenvalue weighted by Crippen LogP contribution is 2.40. The Morgan fingerprint density at radius 3 is 2.58 bits per heavy atom. The summed E-state index contributed by atoms with van der Waals surface area (Å²) in [6.07, 6.45) is 7.10. The van der Waals surface area contributed by atoms with Crippen LogP contribution >= 0.6 is 11.6 Å². The molecule has 1 saturated carbocycles. The number of aromatic nitrogens is 4. The van der Waals surface area contributed by atoms with E-state index in [0.29, 0.717) is 22.7 Å². The summed E-state index contributed by atoms with van der Waals surface area (Å²) in [5, 5.41) is 11.4. The molecule has 2 fully saturated rings. The molecule has 0 amide bonds. The molecule has 5 rings (SSSR count). The van der Waals surface area contributed by atoms with Crippen molar-refractivity contribution in [3.8, 4) is 5.75 Å². The first kappa shape index (κ1) is 24.8. The largest absolute Gasteiger partial charge is 0.488 e. The number of anilines is 4. The predicted molar refractivity (Wildman–Crippen MR) is 142 cm³/mol. The number of hydrogen-bond donors (Lipinski definition) is 2. The highest BCUT2D eigenvalue weighted by molar-refractivity contribution is 6.32. The average molecular weight is 512 g/mol. The minimum Gasteiger partial charge on any atom is -0.488 e. The van der Waals surface area contributed by atoms with Crippen molar-refractivity contribution in [2.24, 2.45) is 7.05 Å². The van der Waals surface area contributed by atoms with E-state index in [1.807, 2.05) is 20.2 Å². The van der Waals surface area contributed by atoms with Crippen LogP contribution in [0.3, 0.4) is 0 Å². The molecule has 2 N–H and O–H groups in total. The Kier molecular flexibility index (Phi) is 7.05. The lowest BCUT2D eigenvalue weighted by Crippen LogP contribution is -2.41. The smallest absolute Gasteiger partial charge is 0.229 e. The van der Waals surface area contributed by atoms with Crippen molar-refractivity contribution < 1.29 is 9.47 Å². The molecule has 2 atom stereocenters. The first-order valence-corrected chi connectivity index (χ1v) is 12.8. The summed E-state index contributed by atoms with van der Waals surface area (Å²) >= 11 is 6.40. The zero-order chi connectivity index (χ0) is 25.4. The number of benzene rings is 1. The third-order valence-corrected chi connectivity index (χ3v) is 7.18. The van der Waals surface area contributed by atoms with Gasteiger partial charge >= 0.3 is 0 Å². The Bertz CT molecular complexity index is 1240. The number of hydrogen-bond acceptors (Lipinski definition) is 8. The van der Waals surface area contributed by atoms with Crippen LogP contribution in [0.1, 0.15) is 42.0 Å². The Morgan fingerprint density at radius 1 is 1.08 bits per heavy atom. The van der Waals surface area contributed by atoms with Crippen LogP contribution in [0.4, 0.5) is 23.1 Å². The van der Waals surface area contributed by atoms with Crippen LogP contribution in [0.5, 0.6) is 5.75 Å². The number of piperidine rings is 1. The predicted octanol–water partition coefficient (Wildman–Crippen LogP) is 4.94. The third-order valence-electron chi connectivity index (χ3n) is 6.91. The molecule has 192 valence electrons. The number of likely N-dealkylation sites (N-methyl/N-ethyl adjacent to an activating group) is 1. The Balaban J connectivity index is 1.44. The number of likely N-dealkylation sites (tertiary alicyclic amines) is 1. The molecule has 1 saturated heterocycles. The molecule has 2 unspecified atom stereocenters. The molecule has 10 heteroatoms. The van der Waals surface area contributed by atoms with Gasteiger partial charge in [-0.25, -0.2) is 4.98 Å². The van der Waals surface area contributed by atoms with E-state index < -0.39 is 0 Å². The quantitative estimate of drug-likeness (QED) is 0.439. The molecule has 0 radical (unpaired) electrons. The molecule has 1 aliphatic heterocycles. The number of nitrogens with zero attached hydrogens (tertiary/aromatic N) is 5. The molecule has 1 aliphatic carbocycles. The molecule has 0 bridgehead atoms. The second-order valence-corrected chi connectivity index (χ2v) is 10.3. The van der Waals surface area contributed by atoms with E-state index in [2.05, 4.69) is 56.7 Å². The van der Waals surface area contributed by atoms with Crippen molar-refractivity contribution >= 4 is 34.7 Å². The van der Waals surface area contributed by atoms with Crippen LogP contribution in [-0.4, -0.2) is 64.1 Å². The fourth-order valence-corrected chi connectivity index (χ4v) is 4.95. The molecule has 1 aromatic carbocycles. The van der Waals surface area contributed by atoms with E-state index in [4.69, 9.17) is 21.1 Å². The van der Waals surface area contributed by atoms with E-state index in [0.717, 1.165) is 55.2 Å². The molecule has 2 aliphatic rings. The van der Waals surface area contributed by atoms with Crippen molar-refractivity contribution in [1.29, 1.82) is 0 Å². The van der Waals surface area contributed by atoms with Crippen molar-refractivity contribution in [3.63, 3.8) is 0 Å². The maximum absolute atomic E-state index is 6.40. The number of ether oxygens (including phenoxy) is 2. The molecule has 3 heterocycles. The summed E-state index contributed by atoms with van der Waals surface area (Å²) in [5.74, 6) is 2.10. The number of nitrogens with one attached hydrogen (secondary N) is 2. The normalized spacial score (nSPS) is 20.4. The molecule has 3 aromatic rings. The Labute approximate surface area is 217 Å². The second kappa shape index (κ2) is 10.2. The minimum atomic E-state index is 0.152. The van der Waals surface area contributed by atoms with Crippen LogP contribution in [-0.2, 0) is 11.8 Å². The van der Waals surface area contributed by atoms with Crippen LogP contribution in [0.15, 0.2) is 24.5 Å².